The lowest BCUT2D eigenvalue weighted by Gasteiger charge is -2.25. The predicted octanol–water partition coefficient (Wildman–Crippen LogP) is 2.94. The number of carbonyl (C=O) groups is 1. The van der Waals surface area contributed by atoms with Crippen molar-refractivity contribution in [3.05, 3.63) is 24.4 Å². The van der Waals surface area contributed by atoms with Gasteiger partial charge < -0.3 is 9.64 Å². The fourth-order valence-electron chi connectivity index (χ4n) is 1.83. The third kappa shape index (κ3) is 6.25. The lowest BCUT2D eigenvalue weighted by atomic mass is 10.3. The first-order chi connectivity index (χ1) is 10.2. The highest BCUT2D eigenvalue weighted by Gasteiger charge is 2.14. The number of nitrogens with zero attached hydrogens (tertiary/aromatic N) is 3. The topological polar surface area (TPSA) is 66.8 Å². The quantitative estimate of drug-likeness (QED) is 0.646. The van der Waals surface area contributed by atoms with E-state index in [1.165, 1.54) is 0 Å². The molecule has 0 unspecified atom stereocenters. The van der Waals surface area contributed by atoms with E-state index in [0.29, 0.717) is 18.4 Å². The van der Waals surface area contributed by atoms with Crippen LogP contribution in [-0.2, 0) is 4.74 Å². The Labute approximate surface area is 126 Å². The van der Waals surface area contributed by atoms with Gasteiger partial charge in [0.1, 0.15) is 0 Å². The Hall–Kier alpha value is -2.11. The lowest BCUT2D eigenvalue weighted by Crippen LogP contribution is -2.45. The van der Waals surface area contributed by atoms with Crippen LogP contribution in [0.2, 0.25) is 0 Å². The van der Waals surface area contributed by atoms with Crippen LogP contribution in [0.4, 0.5) is 10.6 Å². The van der Waals surface area contributed by atoms with Crippen molar-refractivity contribution in [3.63, 3.8) is 0 Å². The molecule has 0 atom stereocenters. The van der Waals surface area contributed by atoms with Gasteiger partial charge in [0.2, 0.25) is 5.96 Å². The van der Waals surface area contributed by atoms with Crippen LogP contribution in [0.5, 0.6) is 0 Å². The average Bonchev–Trinajstić information content (AvgIpc) is 2.48. The summed E-state index contributed by atoms with van der Waals surface area (Å²) in [5.41, 5.74) is 0. The molecule has 0 spiro atoms. The minimum Gasteiger partial charge on any atom is -0.450 e. The van der Waals surface area contributed by atoms with Crippen LogP contribution >= 0.6 is 0 Å². The Kier molecular flexibility index (Phi) is 7.86. The van der Waals surface area contributed by atoms with Crippen LogP contribution in [0.25, 0.3) is 0 Å². The van der Waals surface area contributed by atoms with Crippen molar-refractivity contribution in [2.75, 3.05) is 19.7 Å². The fraction of sp³-hybridized carbons (Fsp3) is 0.533. The first kappa shape index (κ1) is 16.9. The summed E-state index contributed by atoms with van der Waals surface area (Å²) in [5.74, 6) is 1.04. The Morgan fingerprint density at radius 1 is 1.29 bits per heavy atom. The van der Waals surface area contributed by atoms with Gasteiger partial charge in [-0.3, -0.25) is 5.32 Å². The van der Waals surface area contributed by atoms with Gasteiger partial charge in [-0.15, -0.1) is 0 Å². The van der Waals surface area contributed by atoms with E-state index in [1.807, 2.05) is 17.0 Å². The summed E-state index contributed by atoms with van der Waals surface area (Å²) in [6, 6.07) is 5.48. The highest BCUT2D eigenvalue weighted by atomic mass is 16.5. The number of hydrogen-bond donors (Lipinski definition) is 1. The van der Waals surface area contributed by atoms with Crippen LogP contribution in [0.3, 0.4) is 0 Å². The van der Waals surface area contributed by atoms with Gasteiger partial charge in [0.25, 0.3) is 0 Å². The van der Waals surface area contributed by atoms with E-state index in [0.717, 1.165) is 25.9 Å². The molecule has 1 aromatic heterocycles. The molecule has 0 radical (unpaired) electrons. The number of pyridine rings is 1. The molecule has 0 aliphatic heterocycles. The third-order valence-corrected chi connectivity index (χ3v) is 2.65. The summed E-state index contributed by atoms with van der Waals surface area (Å²) >= 11 is 0. The van der Waals surface area contributed by atoms with Gasteiger partial charge in [-0.25, -0.2) is 9.78 Å². The van der Waals surface area contributed by atoms with Gasteiger partial charge in [-0.1, -0.05) is 19.9 Å². The van der Waals surface area contributed by atoms with Gasteiger partial charge >= 0.3 is 6.09 Å². The number of hydrogen-bond acceptors (Lipinski definition) is 4. The summed E-state index contributed by atoms with van der Waals surface area (Å²) in [4.78, 5) is 22.3. The van der Waals surface area contributed by atoms with Gasteiger partial charge in [-0.05, 0) is 31.9 Å². The van der Waals surface area contributed by atoms with Crippen LogP contribution in [0, 0.1) is 0 Å². The molecule has 0 aliphatic rings. The largest absolute Gasteiger partial charge is 0.450 e. The Balaban J connectivity index is 2.96. The summed E-state index contributed by atoms with van der Waals surface area (Å²) < 4.78 is 4.94. The molecule has 0 aliphatic carbocycles. The monoisotopic (exact) mass is 292 g/mol. The number of amides is 1. The van der Waals surface area contributed by atoms with Crippen molar-refractivity contribution in [1.29, 1.82) is 0 Å². The number of alkyl carbamates (subject to hydrolysis) is 1. The molecule has 1 aromatic rings. The first-order valence-electron chi connectivity index (χ1n) is 7.39. The SMILES string of the molecule is CCCN(CCC)/C(=N/c1ccccn1)NC(=O)OCC. The van der Waals surface area contributed by atoms with E-state index in [2.05, 4.69) is 29.1 Å². The number of carbonyl (C=O) groups excluding carboxylic acids is 1. The van der Waals surface area contributed by atoms with E-state index in [4.69, 9.17) is 4.74 Å². The van der Waals surface area contributed by atoms with Crippen molar-refractivity contribution in [3.8, 4) is 0 Å². The average molecular weight is 292 g/mol. The number of aromatic nitrogens is 1. The van der Waals surface area contributed by atoms with Crippen molar-refractivity contribution in [2.24, 2.45) is 4.99 Å². The van der Waals surface area contributed by atoms with E-state index in [1.54, 1.807) is 19.2 Å². The molecule has 1 rings (SSSR count). The molecule has 0 bridgehead atoms. The van der Waals surface area contributed by atoms with Crippen molar-refractivity contribution in [1.82, 2.24) is 15.2 Å². The number of rotatable bonds is 6. The second-order valence-corrected chi connectivity index (χ2v) is 4.46. The van der Waals surface area contributed by atoms with Gasteiger partial charge in [0.15, 0.2) is 5.82 Å². The summed E-state index contributed by atoms with van der Waals surface area (Å²) in [5, 5.41) is 2.71. The number of ether oxygens (including phenoxy) is 1. The molecule has 0 saturated carbocycles. The van der Waals surface area contributed by atoms with Crippen LogP contribution in [0.15, 0.2) is 29.4 Å². The maximum absolute atomic E-state index is 11.7. The Morgan fingerprint density at radius 2 is 2.00 bits per heavy atom. The Bertz CT molecular complexity index is 442. The molecule has 0 aromatic carbocycles. The molecule has 1 amide bonds. The lowest BCUT2D eigenvalue weighted by molar-refractivity contribution is 0.156. The maximum Gasteiger partial charge on any atom is 0.413 e. The number of guanidine groups is 1. The predicted molar refractivity (Wildman–Crippen MR) is 83.6 cm³/mol. The fourth-order valence-corrected chi connectivity index (χ4v) is 1.83. The smallest absolute Gasteiger partial charge is 0.413 e. The number of nitrogens with one attached hydrogen (secondary N) is 1. The molecule has 6 nitrogen and oxygen atoms in total. The third-order valence-electron chi connectivity index (χ3n) is 2.65. The zero-order chi connectivity index (χ0) is 15.5. The van der Waals surface area contributed by atoms with Gasteiger partial charge in [0, 0.05) is 19.3 Å². The second-order valence-electron chi connectivity index (χ2n) is 4.46. The van der Waals surface area contributed by atoms with Crippen LogP contribution in [0.1, 0.15) is 33.6 Å². The molecule has 1 N–H and O–H groups in total. The zero-order valence-corrected chi connectivity index (χ0v) is 13.0. The first-order valence-corrected chi connectivity index (χ1v) is 7.39. The second kappa shape index (κ2) is 9.74. The van der Waals surface area contributed by atoms with Crippen molar-refractivity contribution >= 4 is 17.9 Å². The van der Waals surface area contributed by atoms with Crippen LogP contribution < -0.4 is 5.32 Å². The molecule has 21 heavy (non-hydrogen) atoms. The number of aliphatic imine (C=N–C) groups is 1. The molecular weight excluding hydrogens is 268 g/mol. The van der Waals surface area contributed by atoms with Crippen molar-refractivity contribution in [2.45, 2.75) is 33.6 Å². The molecule has 6 heteroatoms. The zero-order valence-electron chi connectivity index (χ0n) is 13.0. The minimum atomic E-state index is -0.496. The van der Waals surface area contributed by atoms with Gasteiger partial charge in [-0.2, -0.15) is 4.99 Å². The molecule has 1 heterocycles. The van der Waals surface area contributed by atoms with Crippen LogP contribution in [-0.4, -0.2) is 41.6 Å². The van der Waals surface area contributed by atoms with E-state index >= 15 is 0 Å². The molecule has 116 valence electrons. The molecule has 0 fully saturated rings. The Morgan fingerprint density at radius 3 is 2.52 bits per heavy atom. The normalized spacial score (nSPS) is 11.1. The van der Waals surface area contributed by atoms with E-state index < -0.39 is 6.09 Å². The summed E-state index contributed by atoms with van der Waals surface area (Å²) in [6.45, 7) is 7.89. The maximum atomic E-state index is 11.7. The standard InChI is InChI=1S/C15H24N4O2/c1-4-11-19(12-5-2)14(18-15(20)21-6-3)17-13-9-7-8-10-16-13/h7-10H,4-6,11-12H2,1-3H3,(H,16,17,18,20). The summed E-state index contributed by atoms with van der Waals surface area (Å²) in [7, 11) is 0. The molecular formula is C15H24N4O2. The van der Waals surface area contributed by atoms with E-state index in [9.17, 15) is 4.79 Å². The highest BCUT2D eigenvalue weighted by molar-refractivity contribution is 5.95. The van der Waals surface area contributed by atoms with E-state index in [-0.39, 0.29) is 0 Å². The highest BCUT2D eigenvalue weighted by Crippen LogP contribution is 2.07. The van der Waals surface area contributed by atoms with Gasteiger partial charge in [0.05, 0.1) is 6.61 Å². The summed E-state index contributed by atoms with van der Waals surface area (Å²) in [6.07, 6.45) is 3.10. The molecule has 0 saturated heterocycles. The minimum absolute atomic E-state index is 0.324. The van der Waals surface area contributed by atoms with Crippen molar-refractivity contribution < 1.29 is 9.53 Å².